The van der Waals surface area contributed by atoms with Crippen molar-refractivity contribution in [2.45, 2.75) is 54.0 Å². The smallest absolute Gasteiger partial charge is 0.675 e. The standard InChI is InChI=1S/C12H11Si.C9H13.C4H10N.Ti/c1-3-7-11(8-4-1)13-12-9-5-2-6-10-12;1-6-5-7(2)9(4)8(6)3;1-3-4(2)5;/h1-10,13H;6H,1-4H3;4-5H,3H2,1-2H3;/q;2*-1;+2. The zero-order valence-electron chi connectivity index (χ0n) is 18.2. The molecule has 2 unspecified atom stereocenters. The predicted octanol–water partition coefficient (Wildman–Crippen LogP) is 5.63. The first kappa shape index (κ1) is 26.8. The maximum Gasteiger partial charge on any atom is 2.00 e. The molecule has 2 aromatic rings. The Balaban J connectivity index is 0.000000427. The van der Waals surface area contributed by atoms with Crippen LogP contribution in [0, 0.1) is 12.0 Å². The van der Waals surface area contributed by atoms with Gasteiger partial charge in [-0.25, -0.2) is 5.57 Å². The summed E-state index contributed by atoms with van der Waals surface area (Å²) >= 11 is 0. The number of rotatable bonds is 3. The van der Waals surface area contributed by atoms with Gasteiger partial charge in [0.2, 0.25) is 0 Å². The minimum absolute atomic E-state index is 0. The van der Waals surface area contributed by atoms with E-state index in [0.717, 1.165) is 6.42 Å². The SMILES string of the molecule is CC1=[C-]C(C)C(C)=C1C.CCC(C)[NH-].[Ti+2].c1ccc([SiH]c2ccccc2)cc1. The van der Waals surface area contributed by atoms with Crippen LogP contribution in [0.25, 0.3) is 5.73 Å². The zero-order chi connectivity index (χ0) is 20.2. The van der Waals surface area contributed by atoms with Gasteiger partial charge in [-0.15, -0.1) is 13.0 Å². The van der Waals surface area contributed by atoms with Crippen LogP contribution in [0.4, 0.5) is 0 Å². The molecule has 0 fully saturated rings. The summed E-state index contributed by atoms with van der Waals surface area (Å²) in [5.74, 6) is 0.560. The number of hydrogen-bond acceptors (Lipinski definition) is 0. The van der Waals surface area contributed by atoms with E-state index in [0.29, 0.717) is 5.92 Å². The van der Waals surface area contributed by atoms with Gasteiger partial charge < -0.3 is 5.73 Å². The van der Waals surface area contributed by atoms with Crippen LogP contribution in [0.1, 0.15) is 48.0 Å². The van der Waals surface area contributed by atoms with Crippen LogP contribution in [0.5, 0.6) is 0 Å². The number of allylic oxidation sites excluding steroid dienone is 4. The van der Waals surface area contributed by atoms with Gasteiger partial charge in [-0.3, -0.25) is 6.08 Å². The van der Waals surface area contributed by atoms with Crippen molar-refractivity contribution in [1.29, 1.82) is 0 Å². The van der Waals surface area contributed by atoms with Crippen molar-refractivity contribution in [2.75, 3.05) is 0 Å². The van der Waals surface area contributed by atoms with Gasteiger partial charge >= 0.3 is 21.7 Å². The van der Waals surface area contributed by atoms with Crippen molar-refractivity contribution >= 4 is 19.9 Å². The molecular weight excluding hydrogens is 390 g/mol. The molecule has 1 aliphatic carbocycles. The van der Waals surface area contributed by atoms with Crippen LogP contribution in [0.2, 0.25) is 0 Å². The molecule has 0 saturated carbocycles. The summed E-state index contributed by atoms with van der Waals surface area (Å²) in [7, 11) is 0.271. The van der Waals surface area contributed by atoms with Gasteiger partial charge in [-0.1, -0.05) is 118 Å². The van der Waals surface area contributed by atoms with Gasteiger partial charge in [0.1, 0.15) is 9.52 Å². The summed E-state index contributed by atoms with van der Waals surface area (Å²) in [5, 5.41) is 2.90. The molecule has 147 valence electrons. The zero-order valence-corrected chi connectivity index (χ0v) is 20.9. The Morgan fingerprint density at radius 2 is 1.32 bits per heavy atom. The first-order chi connectivity index (χ1) is 12.8. The van der Waals surface area contributed by atoms with Crippen LogP contribution in [0.3, 0.4) is 0 Å². The molecule has 1 radical (unpaired) electrons. The molecule has 0 spiro atoms. The van der Waals surface area contributed by atoms with Crippen molar-refractivity contribution < 1.29 is 21.7 Å². The minimum atomic E-state index is 0. The van der Waals surface area contributed by atoms with Gasteiger partial charge in [0.05, 0.1) is 0 Å². The van der Waals surface area contributed by atoms with E-state index < -0.39 is 0 Å². The molecule has 0 aliphatic heterocycles. The van der Waals surface area contributed by atoms with E-state index in [1.807, 2.05) is 13.8 Å². The maximum absolute atomic E-state index is 6.83. The molecular formula is C25H34NSiTi. The van der Waals surface area contributed by atoms with E-state index in [9.17, 15) is 0 Å². The summed E-state index contributed by atoms with van der Waals surface area (Å²) in [6, 6.07) is 21.5. The molecule has 28 heavy (non-hydrogen) atoms. The fraction of sp³-hybridized carbons (Fsp3) is 0.360. The van der Waals surface area contributed by atoms with Crippen LogP contribution >= 0.6 is 0 Å². The van der Waals surface area contributed by atoms with Crippen molar-refractivity contribution in [2.24, 2.45) is 5.92 Å². The molecule has 0 amide bonds. The van der Waals surface area contributed by atoms with Gasteiger partial charge in [0, 0.05) is 0 Å². The largest absolute Gasteiger partial charge is 2.00 e. The molecule has 0 heterocycles. The van der Waals surface area contributed by atoms with Crippen LogP contribution in [0.15, 0.2) is 77.4 Å². The van der Waals surface area contributed by atoms with E-state index in [1.165, 1.54) is 27.1 Å². The molecule has 3 heteroatoms. The first-order valence-electron chi connectivity index (χ1n) is 9.78. The number of nitrogens with one attached hydrogen (secondary N) is 1. The monoisotopic (exact) mass is 424 g/mol. The Morgan fingerprint density at radius 1 is 0.929 bits per heavy atom. The summed E-state index contributed by atoms with van der Waals surface area (Å²) in [4.78, 5) is 0. The normalized spacial score (nSPS) is 16.0. The first-order valence-corrected chi connectivity index (χ1v) is 10.9. The molecule has 0 aromatic heterocycles. The van der Waals surface area contributed by atoms with E-state index in [4.69, 9.17) is 5.73 Å². The summed E-state index contributed by atoms with van der Waals surface area (Å²) in [5.41, 5.74) is 11.1. The van der Waals surface area contributed by atoms with Crippen LogP contribution in [-0.2, 0) is 21.7 Å². The predicted molar refractivity (Wildman–Crippen MR) is 123 cm³/mol. The molecule has 1 nitrogen and oxygen atoms in total. The number of benzene rings is 2. The topological polar surface area (TPSA) is 23.8 Å². The van der Waals surface area contributed by atoms with Gasteiger partial charge in [-0.05, 0) is 0 Å². The van der Waals surface area contributed by atoms with E-state index in [1.54, 1.807) is 0 Å². The van der Waals surface area contributed by atoms with Crippen molar-refractivity contribution in [3.63, 3.8) is 0 Å². The second-order valence-electron chi connectivity index (χ2n) is 7.07. The average Bonchev–Trinajstić information content (AvgIpc) is 2.90. The summed E-state index contributed by atoms with van der Waals surface area (Å²) < 4.78 is 0. The van der Waals surface area contributed by atoms with Gasteiger partial charge in [-0.2, -0.15) is 11.1 Å². The van der Waals surface area contributed by atoms with Crippen LogP contribution in [-0.4, -0.2) is 15.6 Å². The van der Waals surface area contributed by atoms with Gasteiger partial charge in [0.25, 0.3) is 0 Å². The Kier molecular flexibility index (Phi) is 14.1. The quantitative estimate of drug-likeness (QED) is 0.450. The second-order valence-corrected chi connectivity index (χ2v) is 8.70. The molecule has 1 aliphatic rings. The number of hydrogen-bond donors (Lipinski definition) is 0. The summed E-state index contributed by atoms with van der Waals surface area (Å²) in [6.45, 7) is 12.6. The molecule has 2 aromatic carbocycles. The Bertz CT molecular complexity index is 683. The molecule has 2 atom stereocenters. The Morgan fingerprint density at radius 3 is 1.54 bits per heavy atom. The third kappa shape index (κ3) is 10.4. The van der Waals surface area contributed by atoms with E-state index in [2.05, 4.69) is 94.4 Å². The van der Waals surface area contributed by atoms with E-state index in [-0.39, 0.29) is 37.3 Å². The summed E-state index contributed by atoms with van der Waals surface area (Å²) in [6.07, 6.45) is 4.33. The second kappa shape index (κ2) is 14.8. The Labute approximate surface area is 190 Å². The van der Waals surface area contributed by atoms with Crippen molar-refractivity contribution in [3.05, 3.63) is 89.2 Å². The van der Waals surface area contributed by atoms with E-state index >= 15 is 0 Å². The molecule has 3 rings (SSSR count). The fourth-order valence-electron chi connectivity index (χ4n) is 2.45. The molecule has 1 N–H and O–H groups in total. The maximum atomic E-state index is 6.83. The van der Waals surface area contributed by atoms with Gasteiger partial charge in [0.15, 0.2) is 0 Å². The minimum Gasteiger partial charge on any atom is -0.675 e. The third-order valence-electron chi connectivity index (χ3n) is 4.78. The van der Waals surface area contributed by atoms with Crippen molar-refractivity contribution in [3.8, 4) is 0 Å². The van der Waals surface area contributed by atoms with Crippen LogP contribution < -0.4 is 10.4 Å². The fourth-order valence-corrected chi connectivity index (χ4v) is 3.67. The third-order valence-corrected chi connectivity index (χ3v) is 6.22. The molecule has 0 saturated heterocycles. The molecule has 0 bridgehead atoms. The van der Waals surface area contributed by atoms with Crippen molar-refractivity contribution in [1.82, 2.24) is 0 Å². The average molecular weight is 425 g/mol. The Hall–Kier alpha value is -1.19.